The number of rotatable bonds is 2. The van der Waals surface area contributed by atoms with Gasteiger partial charge in [-0.2, -0.15) is 0 Å². The molecule has 0 bridgehead atoms. The SMILES string of the molecule is Cc1ccc(C(=O)C2CCc3cccnc32)cc1Br. The Morgan fingerprint density at radius 3 is 3.00 bits per heavy atom. The number of benzene rings is 1. The minimum absolute atomic E-state index is 0.0780. The summed E-state index contributed by atoms with van der Waals surface area (Å²) >= 11 is 3.49. The van der Waals surface area contributed by atoms with Gasteiger partial charge in [-0.1, -0.05) is 34.1 Å². The summed E-state index contributed by atoms with van der Waals surface area (Å²) in [7, 11) is 0. The first-order valence-electron chi connectivity index (χ1n) is 6.41. The van der Waals surface area contributed by atoms with Gasteiger partial charge < -0.3 is 0 Å². The third-order valence-electron chi connectivity index (χ3n) is 3.73. The number of carbonyl (C=O) groups excluding carboxylic acids is 1. The maximum atomic E-state index is 12.6. The fraction of sp³-hybridized carbons (Fsp3) is 0.250. The summed E-state index contributed by atoms with van der Waals surface area (Å²) in [6.07, 6.45) is 3.60. The zero-order chi connectivity index (χ0) is 13.4. The van der Waals surface area contributed by atoms with E-state index in [-0.39, 0.29) is 11.7 Å². The monoisotopic (exact) mass is 315 g/mol. The number of Topliss-reactive ketones (excluding diaryl/α,β-unsaturated/α-hetero) is 1. The van der Waals surface area contributed by atoms with Crippen LogP contribution in [0.5, 0.6) is 0 Å². The van der Waals surface area contributed by atoms with Crippen molar-refractivity contribution < 1.29 is 4.79 Å². The highest BCUT2D eigenvalue weighted by molar-refractivity contribution is 9.10. The van der Waals surface area contributed by atoms with Crippen LogP contribution in [-0.4, -0.2) is 10.8 Å². The van der Waals surface area contributed by atoms with Crippen LogP contribution in [0.15, 0.2) is 41.0 Å². The summed E-state index contributed by atoms with van der Waals surface area (Å²) < 4.78 is 0.984. The van der Waals surface area contributed by atoms with Crippen LogP contribution >= 0.6 is 15.9 Å². The maximum Gasteiger partial charge on any atom is 0.171 e. The van der Waals surface area contributed by atoms with Crippen molar-refractivity contribution in [2.75, 3.05) is 0 Å². The molecule has 0 fully saturated rings. The number of pyridine rings is 1. The van der Waals surface area contributed by atoms with Crippen molar-refractivity contribution in [2.45, 2.75) is 25.7 Å². The lowest BCUT2D eigenvalue weighted by Crippen LogP contribution is -2.11. The molecule has 0 saturated carbocycles. The average Bonchev–Trinajstić information content (AvgIpc) is 2.85. The van der Waals surface area contributed by atoms with Crippen molar-refractivity contribution in [1.29, 1.82) is 0 Å². The lowest BCUT2D eigenvalue weighted by molar-refractivity contribution is 0.0958. The first-order valence-corrected chi connectivity index (χ1v) is 7.20. The van der Waals surface area contributed by atoms with Crippen molar-refractivity contribution >= 4 is 21.7 Å². The summed E-state index contributed by atoms with van der Waals surface area (Å²) in [6.45, 7) is 2.02. The average molecular weight is 316 g/mol. The van der Waals surface area contributed by atoms with Crippen LogP contribution in [0.25, 0.3) is 0 Å². The second-order valence-corrected chi connectivity index (χ2v) is 5.82. The summed E-state index contributed by atoms with van der Waals surface area (Å²) in [5.41, 5.74) is 4.08. The zero-order valence-electron chi connectivity index (χ0n) is 10.7. The highest BCUT2D eigenvalue weighted by Gasteiger charge is 2.30. The van der Waals surface area contributed by atoms with Gasteiger partial charge in [-0.05, 0) is 43.0 Å². The molecule has 1 aromatic carbocycles. The summed E-state index contributed by atoms with van der Waals surface area (Å²) in [5, 5.41) is 0. The first kappa shape index (κ1) is 12.5. The molecule has 1 aromatic heterocycles. The minimum Gasteiger partial charge on any atom is -0.293 e. The number of nitrogens with zero attached hydrogens (tertiary/aromatic N) is 1. The number of fused-ring (bicyclic) bond motifs is 1. The van der Waals surface area contributed by atoms with Gasteiger partial charge in [0.15, 0.2) is 5.78 Å². The van der Waals surface area contributed by atoms with E-state index in [4.69, 9.17) is 0 Å². The molecule has 0 aliphatic heterocycles. The molecule has 1 atom stereocenters. The number of ketones is 1. The van der Waals surface area contributed by atoms with Gasteiger partial charge in [0.2, 0.25) is 0 Å². The van der Waals surface area contributed by atoms with Gasteiger partial charge in [-0.3, -0.25) is 9.78 Å². The topological polar surface area (TPSA) is 30.0 Å². The number of aromatic nitrogens is 1. The molecular formula is C16H14BrNO. The lowest BCUT2D eigenvalue weighted by atomic mass is 9.95. The molecule has 3 heteroatoms. The number of halogens is 1. The fourth-order valence-corrected chi connectivity index (χ4v) is 2.99. The molecule has 1 aliphatic carbocycles. The Bertz CT molecular complexity index is 651. The van der Waals surface area contributed by atoms with E-state index in [1.54, 1.807) is 6.20 Å². The van der Waals surface area contributed by atoms with Crippen LogP contribution in [0, 0.1) is 6.92 Å². The number of carbonyl (C=O) groups is 1. The molecule has 0 radical (unpaired) electrons. The summed E-state index contributed by atoms with van der Waals surface area (Å²) in [5.74, 6) is 0.101. The number of hydrogen-bond donors (Lipinski definition) is 0. The van der Waals surface area contributed by atoms with E-state index in [1.807, 2.05) is 31.2 Å². The molecule has 3 rings (SSSR count). The third-order valence-corrected chi connectivity index (χ3v) is 4.59. The van der Waals surface area contributed by atoms with Gasteiger partial charge in [-0.25, -0.2) is 0 Å². The van der Waals surface area contributed by atoms with E-state index in [1.165, 1.54) is 5.56 Å². The van der Waals surface area contributed by atoms with Crippen molar-refractivity contribution in [1.82, 2.24) is 4.98 Å². The Balaban J connectivity index is 1.95. The molecule has 0 saturated heterocycles. The molecule has 0 spiro atoms. The number of aryl methyl sites for hydroxylation is 2. The first-order chi connectivity index (χ1) is 9.16. The quantitative estimate of drug-likeness (QED) is 0.782. The van der Waals surface area contributed by atoms with Crippen molar-refractivity contribution in [3.05, 3.63) is 63.4 Å². The Hall–Kier alpha value is -1.48. The molecule has 2 aromatic rings. The van der Waals surface area contributed by atoms with E-state index in [9.17, 15) is 4.79 Å². The van der Waals surface area contributed by atoms with Gasteiger partial charge in [0.25, 0.3) is 0 Å². The Morgan fingerprint density at radius 2 is 2.21 bits per heavy atom. The number of hydrogen-bond acceptors (Lipinski definition) is 2. The van der Waals surface area contributed by atoms with E-state index in [0.29, 0.717) is 0 Å². The molecule has 2 nitrogen and oxygen atoms in total. The summed E-state index contributed by atoms with van der Waals surface area (Å²) in [4.78, 5) is 17.0. The van der Waals surface area contributed by atoms with E-state index >= 15 is 0 Å². The fourth-order valence-electron chi connectivity index (χ4n) is 2.62. The van der Waals surface area contributed by atoms with Crippen LogP contribution < -0.4 is 0 Å². The maximum absolute atomic E-state index is 12.6. The molecule has 96 valence electrons. The van der Waals surface area contributed by atoms with Crippen LogP contribution in [0.4, 0.5) is 0 Å². The van der Waals surface area contributed by atoms with Crippen molar-refractivity contribution in [2.24, 2.45) is 0 Å². The molecular weight excluding hydrogens is 302 g/mol. The van der Waals surface area contributed by atoms with Gasteiger partial charge in [-0.15, -0.1) is 0 Å². The van der Waals surface area contributed by atoms with Crippen molar-refractivity contribution in [3.8, 4) is 0 Å². The van der Waals surface area contributed by atoms with Gasteiger partial charge in [0.1, 0.15) is 0 Å². The molecule has 0 N–H and O–H groups in total. The molecule has 1 unspecified atom stereocenters. The zero-order valence-corrected chi connectivity index (χ0v) is 12.3. The highest BCUT2D eigenvalue weighted by Crippen LogP contribution is 2.34. The largest absolute Gasteiger partial charge is 0.293 e. The third kappa shape index (κ3) is 2.23. The Morgan fingerprint density at radius 1 is 1.37 bits per heavy atom. The van der Waals surface area contributed by atoms with E-state index in [0.717, 1.165) is 34.1 Å². The van der Waals surface area contributed by atoms with Gasteiger partial charge in [0, 0.05) is 16.2 Å². The van der Waals surface area contributed by atoms with E-state index in [2.05, 4.69) is 27.0 Å². The van der Waals surface area contributed by atoms with E-state index < -0.39 is 0 Å². The van der Waals surface area contributed by atoms with Gasteiger partial charge in [0.05, 0.1) is 11.6 Å². The minimum atomic E-state index is -0.0780. The standard InChI is InChI=1S/C16H14BrNO/c1-10-4-5-12(9-14(10)17)16(19)13-7-6-11-3-2-8-18-15(11)13/h2-5,8-9,13H,6-7H2,1H3. The predicted octanol–water partition coefficient (Wildman–Crippen LogP) is 4.07. The normalized spacial score (nSPS) is 17.3. The second kappa shape index (κ2) is 4.89. The van der Waals surface area contributed by atoms with Crippen LogP contribution in [0.3, 0.4) is 0 Å². The predicted molar refractivity (Wildman–Crippen MR) is 78.5 cm³/mol. The second-order valence-electron chi connectivity index (χ2n) is 4.97. The Kier molecular flexibility index (Phi) is 3.23. The lowest BCUT2D eigenvalue weighted by Gasteiger charge is -2.10. The smallest absolute Gasteiger partial charge is 0.171 e. The molecule has 0 amide bonds. The molecule has 1 aliphatic rings. The van der Waals surface area contributed by atoms with Gasteiger partial charge >= 0.3 is 0 Å². The molecule has 19 heavy (non-hydrogen) atoms. The summed E-state index contributed by atoms with van der Waals surface area (Å²) in [6, 6.07) is 9.81. The van der Waals surface area contributed by atoms with Crippen LogP contribution in [-0.2, 0) is 6.42 Å². The van der Waals surface area contributed by atoms with Crippen molar-refractivity contribution in [3.63, 3.8) is 0 Å². The Labute approximate surface area is 121 Å². The molecule has 1 heterocycles. The van der Waals surface area contributed by atoms with Crippen LogP contribution in [0.1, 0.15) is 39.5 Å². The van der Waals surface area contributed by atoms with Crippen LogP contribution in [0.2, 0.25) is 0 Å². The highest BCUT2D eigenvalue weighted by atomic mass is 79.9.